The second-order valence-electron chi connectivity index (χ2n) is 3.52. The summed E-state index contributed by atoms with van der Waals surface area (Å²) in [6, 6.07) is 0. The Bertz CT molecular complexity index is 455. The first kappa shape index (κ1) is 14.6. The molecule has 0 spiro atoms. The first-order valence-corrected chi connectivity index (χ1v) is 5.10. The second kappa shape index (κ2) is 5.95. The Labute approximate surface area is 118 Å². The van der Waals surface area contributed by atoms with Gasteiger partial charge in [0.2, 0.25) is 5.90 Å². The topological polar surface area (TPSA) is 132 Å². The fourth-order valence-corrected chi connectivity index (χ4v) is 1.68. The molecule has 0 aromatic carbocycles. The minimum atomic E-state index is -0.137. The Hall–Kier alpha value is -1.43. The molecule has 99 valence electrons. The molecule has 0 aliphatic carbocycles. The van der Waals surface area contributed by atoms with Gasteiger partial charge in [0.1, 0.15) is 18.4 Å². The SMILES string of the molecule is N=C1OCCN(CCO)c2nc(N)nc([NH-])c21.[Re]. The maximum atomic E-state index is 8.98. The predicted octanol–water partition coefficient (Wildman–Crippen LogP) is -0.106. The Balaban J connectivity index is 0.00000162. The van der Waals surface area contributed by atoms with Crippen molar-refractivity contribution in [1.29, 1.82) is 5.41 Å². The third-order valence-corrected chi connectivity index (χ3v) is 2.41. The quantitative estimate of drug-likeness (QED) is 0.608. The van der Waals surface area contributed by atoms with Gasteiger partial charge in [-0.2, -0.15) is 0 Å². The number of β-amino-alcohol motifs (C(OH)–C–C–N with tert-alkyl or cyclic N) is 1. The van der Waals surface area contributed by atoms with Crippen molar-refractivity contribution in [3.63, 3.8) is 0 Å². The fourth-order valence-electron chi connectivity index (χ4n) is 1.68. The number of nitrogen functional groups attached to an aromatic ring is 1. The Morgan fingerprint density at radius 3 is 2.89 bits per heavy atom. The molecule has 1 radical (unpaired) electrons. The summed E-state index contributed by atoms with van der Waals surface area (Å²) >= 11 is 0. The Morgan fingerprint density at radius 2 is 2.22 bits per heavy atom. The molecule has 0 atom stereocenters. The third kappa shape index (κ3) is 2.69. The molecule has 1 aromatic rings. The summed E-state index contributed by atoms with van der Waals surface area (Å²) in [7, 11) is 0. The summed E-state index contributed by atoms with van der Waals surface area (Å²) in [6.07, 6.45) is 0. The minimum Gasteiger partial charge on any atom is -0.481 e. The molecule has 0 bridgehead atoms. The summed E-state index contributed by atoms with van der Waals surface area (Å²) in [5.41, 5.74) is 13.4. The third-order valence-electron chi connectivity index (χ3n) is 2.41. The number of ether oxygens (including phenoxy) is 1. The van der Waals surface area contributed by atoms with Gasteiger partial charge in [-0.05, 0) is 5.82 Å². The van der Waals surface area contributed by atoms with E-state index in [1.54, 1.807) is 4.90 Å². The summed E-state index contributed by atoms with van der Waals surface area (Å²) in [6.45, 7) is 1.07. The summed E-state index contributed by atoms with van der Waals surface area (Å²) in [5.74, 6) is 0.0817. The van der Waals surface area contributed by atoms with E-state index in [2.05, 4.69) is 9.97 Å². The molecular weight excluding hydrogens is 410 g/mol. The van der Waals surface area contributed by atoms with Crippen molar-refractivity contribution in [2.75, 3.05) is 36.9 Å². The molecule has 1 aliphatic rings. The predicted molar refractivity (Wildman–Crippen MR) is 62.5 cm³/mol. The van der Waals surface area contributed by atoms with Crippen LogP contribution in [-0.4, -0.2) is 47.3 Å². The largest absolute Gasteiger partial charge is 0.481 e. The summed E-state index contributed by atoms with van der Waals surface area (Å²) in [4.78, 5) is 9.45. The smallest absolute Gasteiger partial charge is 0.216 e. The van der Waals surface area contributed by atoms with Gasteiger partial charge in [0.15, 0.2) is 0 Å². The van der Waals surface area contributed by atoms with Crippen LogP contribution >= 0.6 is 0 Å². The number of fused-ring (bicyclic) bond motifs is 1. The van der Waals surface area contributed by atoms with Gasteiger partial charge >= 0.3 is 0 Å². The van der Waals surface area contributed by atoms with Gasteiger partial charge in [-0.1, -0.05) is 0 Å². The molecule has 0 amide bonds. The zero-order chi connectivity index (χ0) is 12.4. The molecule has 8 nitrogen and oxygen atoms in total. The van der Waals surface area contributed by atoms with E-state index in [1.807, 2.05) is 0 Å². The normalized spacial score (nSPS) is 14.3. The van der Waals surface area contributed by atoms with E-state index in [0.717, 1.165) is 0 Å². The molecule has 5 N–H and O–H groups in total. The molecule has 0 unspecified atom stereocenters. The van der Waals surface area contributed by atoms with Crippen LogP contribution in [0.2, 0.25) is 0 Å². The van der Waals surface area contributed by atoms with Crippen LogP contribution in [0.4, 0.5) is 17.6 Å². The Kier molecular flexibility index (Phi) is 4.84. The molecule has 0 fully saturated rings. The average Bonchev–Trinajstić information content (AvgIpc) is 2.40. The van der Waals surface area contributed by atoms with Crippen molar-refractivity contribution < 1.29 is 30.3 Å². The van der Waals surface area contributed by atoms with Gasteiger partial charge in [0.25, 0.3) is 0 Å². The van der Waals surface area contributed by atoms with Crippen molar-refractivity contribution in [3.8, 4) is 0 Å². The molecule has 9 heteroatoms. The minimum absolute atomic E-state index is 0. The fraction of sp³-hybridized carbons (Fsp3) is 0.444. The number of nitrogens with two attached hydrogens (primary N) is 1. The average molecular weight is 423 g/mol. The molecule has 2 heterocycles. The monoisotopic (exact) mass is 424 g/mol. The molecule has 2 rings (SSSR count). The van der Waals surface area contributed by atoms with Gasteiger partial charge < -0.3 is 31.2 Å². The van der Waals surface area contributed by atoms with E-state index >= 15 is 0 Å². The Morgan fingerprint density at radius 1 is 1.50 bits per heavy atom. The molecule has 0 saturated heterocycles. The summed E-state index contributed by atoms with van der Waals surface area (Å²) in [5, 5.41) is 16.7. The van der Waals surface area contributed by atoms with Gasteiger partial charge in [0, 0.05) is 27.0 Å². The maximum Gasteiger partial charge on any atom is 0.216 e. The van der Waals surface area contributed by atoms with Crippen LogP contribution in [0.25, 0.3) is 5.73 Å². The molecular formula is C9H13N6O2Re-. The number of aromatic nitrogens is 2. The van der Waals surface area contributed by atoms with Crippen molar-refractivity contribution in [2.24, 2.45) is 0 Å². The van der Waals surface area contributed by atoms with Crippen LogP contribution in [0.1, 0.15) is 5.56 Å². The van der Waals surface area contributed by atoms with E-state index in [0.29, 0.717) is 25.5 Å². The van der Waals surface area contributed by atoms with Crippen molar-refractivity contribution in [1.82, 2.24) is 9.97 Å². The molecule has 18 heavy (non-hydrogen) atoms. The van der Waals surface area contributed by atoms with Gasteiger partial charge in [-0.25, -0.2) is 4.98 Å². The maximum absolute atomic E-state index is 8.98. The van der Waals surface area contributed by atoms with E-state index < -0.39 is 0 Å². The number of anilines is 2. The number of nitrogens with zero attached hydrogens (tertiary/aromatic N) is 3. The summed E-state index contributed by atoms with van der Waals surface area (Å²) < 4.78 is 5.15. The standard InChI is InChI=1S/C9H13N6O2.Re/c10-6-5-7(11)17-4-2-15(1-3-16)8(5)14-9(12)13-6;/h11,16H,1-4H2,(H3-,10,12,13,14);/q-1;. The van der Waals surface area contributed by atoms with Crippen LogP contribution in [0.3, 0.4) is 0 Å². The number of aliphatic hydroxyl groups is 1. The van der Waals surface area contributed by atoms with E-state index in [4.69, 9.17) is 26.7 Å². The second-order valence-corrected chi connectivity index (χ2v) is 3.52. The first-order chi connectivity index (χ1) is 8.13. The van der Waals surface area contributed by atoms with Crippen LogP contribution in [0.5, 0.6) is 0 Å². The van der Waals surface area contributed by atoms with Gasteiger partial charge in [0.05, 0.1) is 18.7 Å². The van der Waals surface area contributed by atoms with E-state index in [9.17, 15) is 0 Å². The van der Waals surface area contributed by atoms with E-state index in [1.165, 1.54) is 0 Å². The number of nitrogens with one attached hydrogen (secondary N) is 2. The first-order valence-electron chi connectivity index (χ1n) is 5.10. The molecule has 1 aromatic heterocycles. The number of rotatable bonds is 2. The van der Waals surface area contributed by atoms with Crippen LogP contribution in [0.15, 0.2) is 0 Å². The van der Waals surface area contributed by atoms with Crippen molar-refractivity contribution in [2.45, 2.75) is 0 Å². The molecule has 1 aliphatic heterocycles. The van der Waals surface area contributed by atoms with Crippen LogP contribution in [-0.2, 0) is 25.2 Å². The van der Waals surface area contributed by atoms with Gasteiger partial charge in [-0.15, -0.1) is 0 Å². The van der Waals surface area contributed by atoms with Crippen molar-refractivity contribution >= 4 is 23.5 Å². The number of hydrogen-bond acceptors (Lipinski definition) is 7. The van der Waals surface area contributed by atoms with Crippen LogP contribution in [0, 0.1) is 5.41 Å². The number of aliphatic hydroxyl groups excluding tert-OH is 1. The van der Waals surface area contributed by atoms with E-state index in [-0.39, 0.29) is 50.3 Å². The zero-order valence-corrected chi connectivity index (χ0v) is 12.2. The number of hydrogen-bond donors (Lipinski definition) is 3. The van der Waals surface area contributed by atoms with Gasteiger partial charge in [-0.3, -0.25) is 5.41 Å². The molecule has 0 saturated carbocycles. The van der Waals surface area contributed by atoms with Crippen molar-refractivity contribution in [3.05, 3.63) is 11.3 Å². The van der Waals surface area contributed by atoms with Crippen LogP contribution < -0.4 is 10.6 Å². The zero-order valence-electron chi connectivity index (χ0n) is 9.48.